The highest BCUT2D eigenvalue weighted by molar-refractivity contribution is 5.79. The van der Waals surface area contributed by atoms with Crippen molar-refractivity contribution < 1.29 is 24.2 Å². The Hall–Kier alpha value is -3.35. The smallest absolute Gasteiger partial charge is 0.407 e. The number of carboxylic acid groups (broad SMARTS) is 1. The van der Waals surface area contributed by atoms with Crippen molar-refractivity contribution in [2.24, 2.45) is 5.41 Å². The number of carboxylic acids is 1. The third kappa shape index (κ3) is 6.57. The fraction of sp³-hybridized carbons (Fsp3) is 0.423. The minimum atomic E-state index is -0.885. The van der Waals surface area contributed by atoms with E-state index in [1.54, 1.807) is 6.92 Å². The van der Waals surface area contributed by atoms with Crippen LogP contribution in [0.4, 0.5) is 4.79 Å². The van der Waals surface area contributed by atoms with Crippen molar-refractivity contribution >= 4 is 18.0 Å². The molecule has 7 heteroatoms. The van der Waals surface area contributed by atoms with Gasteiger partial charge in [-0.15, -0.1) is 0 Å². The molecule has 33 heavy (non-hydrogen) atoms. The molecule has 0 aromatic heterocycles. The molecule has 1 atom stereocenters. The van der Waals surface area contributed by atoms with E-state index < -0.39 is 17.5 Å². The maximum absolute atomic E-state index is 12.4. The van der Waals surface area contributed by atoms with Crippen LogP contribution in [0.2, 0.25) is 0 Å². The van der Waals surface area contributed by atoms with Crippen molar-refractivity contribution in [2.45, 2.75) is 52.0 Å². The van der Waals surface area contributed by atoms with Crippen molar-refractivity contribution in [3.63, 3.8) is 0 Å². The van der Waals surface area contributed by atoms with Gasteiger partial charge in [0.05, 0.1) is 0 Å². The average molecular weight is 453 g/mol. The summed E-state index contributed by atoms with van der Waals surface area (Å²) in [7, 11) is 0. The van der Waals surface area contributed by atoms with E-state index in [9.17, 15) is 14.4 Å². The fourth-order valence-electron chi connectivity index (χ4n) is 4.20. The number of hydrogen-bond acceptors (Lipinski definition) is 4. The van der Waals surface area contributed by atoms with E-state index in [0.29, 0.717) is 6.42 Å². The summed E-state index contributed by atoms with van der Waals surface area (Å²) in [5.74, 6) is -1.06. The first-order valence-corrected chi connectivity index (χ1v) is 11.3. The fourth-order valence-corrected chi connectivity index (χ4v) is 4.20. The van der Waals surface area contributed by atoms with Gasteiger partial charge >= 0.3 is 12.1 Å². The first-order valence-electron chi connectivity index (χ1n) is 11.3. The number of hydrogen-bond donors (Lipinski definition) is 3. The summed E-state index contributed by atoms with van der Waals surface area (Å²) in [6, 6.07) is 16.1. The normalized spacial score (nSPS) is 13.5. The van der Waals surface area contributed by atoms with E-state index in [4.69, 9.17) is 9.84 Å². The molecule has 7 nitrogen and oxygen atoms in total. The Labute approximate surface area is 194 Å². The second-order valence-electron chi connectivity index (χ2n) is 9.42. The number of ether oxygens (including phenoxy) is 1. The summed E-state index contributed by atoms with van der Waals surface area (Å²) in [6.07, 6.45) is 0.0713. The lowest BCUT2D eigenvalue weighted by atomic mass is 9.89. The van der Waals surface area contributed by atoms with Crippen LogP contribution in [0.25, 0.3) is 11.1 Å². The van der Waals surface area contributed by atoms with E-state index in [2.05, 4.69) is 34.9 Å². The Balaban J connectivity index is 1.47. The molecule has 3 rings (SSSR count). The lowest BCUT2D eigenvalue weighted by Crippen LogP contribution is -2.40. The highest BCUT2D eigenvalue weighted by Gasteiger charge is 2.29. The van der Waals surface area contributed by atoms with Gasteiger partial charge in [0.2, 0.25) is 5.91 Å². The Morgan fingerprint density at radius 3 is 2.18 bits per heavy atom. The Bertz CT molecular complexity index is 972. The lowest BCUT2D eigenvalue weighted by Gasteiger charge is -2.25. The van der Waals surface area contributed by atoms with Crippen LogP contribution in [0.5, 0.6) is 0 Å². The number of amides is 2. The van der Waals surface area contributed by atoms with Crippen LogP contribution in [0.1, 0.15) is 57.1 Å². The van der Waals surface area contributed by atoms with E-state index >= 15 is 0 Å². The molecule has 176 valence electrons. The molecule has 1 aliphatic carbocycles. The van der Waals surface area contributed by atoms with E-state index in [1.807, 2.05) is 38.1 Å². The largest absolute Gasteiger partial charge is 0.481 e. The molecule has 0 bridgehead atoms. The molecule has 0 heterocycles. The highest BCUT2D eigenvalue weighted by Crippen LogP contribution is 2.44. The number of carbonyl (C=O) groups excluding carboxylic acids is 2. The second-order valence-corrected chi connectivity index (χ2v) is 9.42. The van der Waals surface area contributed by atoms with Crippen LogP contribution < -0.4 is 10.6 Å². The van der Waals surface area contributed by atoms with Crippen LogP contribution in [0.15, 0.2) is 48.5 Å². The third-order valence-corrected chi connectivity index (χ3v) is 5.89. The standard InChI is InChI=1S/C26H32N2O5/c1-17(12-13-24(30)31)28-23(29)14-26(2,3)16-27-25(32)33-15-22-20-10-6-4-8-18(20)19-9-5-7-11-21(19)22/h4-11,17,22H,12-16H2,1-3H3,(H,27,32)(H,28,29)(H,30,31). The second kappa shape index (κ2) is 10.5. The number of nitrogens with one attached hydrogen (secondary N) is 2. The number of carbonyl (C=O) groups is 3. The van der Waals surface area contributed by atoms with Crippen molar-refractivity contribution in [1.82, 2.24) is 10.6 Å². The number of rotatable bonds is 10. The summed E-state index contributed by atoms with van der Waals surface area (Å²) < 4.78 is 5.55. The molecule has 2 aromatic rings. The predicted octanol–water partition coefficient (Wildman–Crippen LogP) is 4.31. The Morgan fingerprint density at radius 2 is 1.61 bits per heavy atom. The van der Waals surface area contributed by atoms with Crippen molar-refractivity contribution in [2.75, 3.05) is 13.2 Å². The molecule has 0 spiro atoms. The molecule has 1 unspecified atom stereocenters. The molecule has 3 N–H and O–H groups in total. The summed E-state index contributed by atoms with van der Waals surface area (Å²) in [6.45, 7) is 6.07. The van der Waals surface area contributed by atoms with Gasteiger partial charge in [0, 0.05) is 31.3 Å². The summed E-state index contributed by atoms with van der Waals surface area (Å²) >= 11 is 0. The Kier molecular flexibility index (Phi) is 7.74. The van der Waals surface area contributed by atoms with Crippen LogP contribution in [-0.4, -0.2) is 42.3 Å². The minimum absolute atomic E-state index is 0.00534. The van der Waals surface area contributed by atoms with Gasteiger partial charge in [0.15, 0.2) is 0 Å². The molecule has 0 fully saturated rings. The molecular weight excluding hydrogens is 420 g/mol. The van der Waals surface area contributed by atoms with E-state index in [0.717, 1.165) is 11.1 Å². The number of aliphatic carboxylic acids is 1. The van der Waals surface area contributed by atoms with Gasteiger partial charge in [0.25, 0.3) is 0 Å². The summed E-state index contributed by atoms with van der Waals surface area (Å²) in [5, 5.41) is 14.3. The van der Waals surface area contributed by atoms with Gasteiger partial charge < -0.3 is 20.5 Å². The maximum atomic E-state index is 12.4. The monoisotopic (exact) mass is 452 g/mol. The number of fused-ring (bicyclic) bond motifs is 3. The first kappa shape index (κ1) is 24.3. The summed E-state index contributed by atoms with van der Waals surface area (Å²) in [4.78, 5) is 35.3. The van der Waals surface area contributed by atoms with Crippen LogP contribution in [-0.2, 0) is 14.3 Å². The van der Waals surface area contributed by atoms with Crippen LogP contribution >= 0.6 is 0 Å². The van der Waals surface area contributed by atoms with Gasteiger partial charge in [0.1, 0.15) is 6.61 Å². The topological polar surface area (TPSA) is 105 Å². The van der Waals surface area contributed by atoms with Gasteiger partial charge in [-0.1, -0.05) is 62.4 Å². The Morgan fingerprint density at radius 1 is 1.03 bits per heavy atom. The molecule has 0 radical (unpaired) electrons. The van der Waals surface area contributed by atoms with Crippen molar-refractivity contribution in [3.05, 3.63) is 59.7 Å². The maximum Gasteiger partial charge on any atom is 0.407 e. The third-order valence-electron chi connectivity index (χ3n) is 5.89. The van der Waals surface area contributed by atoms with Gasteiger partial charge in [-0.05, 0) is 41.0 Å². The zero-order valence-electron chi connectivity index (χ0n) is 19.4. The van der Waals surface area contributed by atoms with Gasteiger partial charge in [-0.25, -0.2) is 4.79 Å². The summed E-state index contributed by atoms with van der Waals surface area (Å²) in [5.41, 5.74) is 4.17. The zero-order valence-corrected chi connectivity index (χ0v) is 19.4. The average Bonchev–Trinajstić information content (AvgIpc) is 3.08. The zero-order chi connectivity index (χ0) is 24.0. The van der Waals surface area contributed by atoms with Crippen LogP contribution in [0.3, 0.4) is 0 Å². The first-order chi connectivity index (χ1) is 15.7. The van der Waals surface area contributed by atoms with Crippen LogP contribution in [0, 0.1) is 5.41 Å². The molecule has 0 saturated carbocycles. The number of benzene rings is 2. The molecule has 2 amide bonds. The SMILES string of the molecule is CC(CCC(=O)O)NC(=O)CC(C)(C)CNC(=O)OCC1c2ccccc2-c2ccccc21. The predicted molar refractivity (Wildman–Crippen MR) is 126 cm³/mol. The quantitative estimate of drug-likeness (QED) is 0.498. The highest BCUT2D eigenvalue weighted by atomic mass is 16.5. The minimum Gasteiger partial charge on any atom is -0.481 e. The molecule has 0 saturated heterocycles. The van der Waals surface area contributed by atoms with Crippen molar-refractivity contribution in [1.29, 1.82) is 0 Å². The molecule has 0 aliphatic heterocycles. The van der Waals surface area contributed by atoms with E-state index in [1.165, 1.54) is 11.1 Å². The van der Waals surface area contributed by atoms with Gasteiger partial charge in [-0.3, -0.25) is 9.59 Å². The van der Waals surface area contributed by atoms with Gasteiger partial charge in [-0.2, -0.15) is 0 Å². The van der Waals surface area contributed by atoms with E-state index in [-0.39, 0.29) is 43.9 Å². The molecule has 1 aliphatic rings. The molecular formula is C26H32N2O5. The van der Waals surface area contributed by atoms with Crippen molar-refractivity contribution in [3.8, 4) is 11.1 Å². The lowest BCUT2D eigenvalue weighted by molar-refractivity contribution is -0.137. The number of alkyl carbamates (subject to hydrolysis) is 1. The molecule has 2 aromatic carbocycles.